The minimum atomic E-state index is -0.422. The summed E-state index contributed by atoms with van der Waals surface area (Å²) in [6, 6.07) is -0.422. The molecular weight excluding hydrogens is 272 g/mol. The van der Waals surface area contributed by atoms with Crippen molar-refractivity contribution in [2.24, 2.45) is 5.92 Å². The lowest BCUT2D eigenvalue weighted by molar-refractivity contribution is -0.124. The molecule has 2 N–H and O–H groups in total. The maximum atomic E-state index is 11.6. The molecule has 0 saturated heterocycles. The summed E-state index contributed by atoms with van der Waals surface area (Å²) in [5.74, 6) is -0.144. The zero-order chi connectivity index (χ0) is 16.1. The third-order valence-corrected chi connectivity index (χ3v) is 3.08. The van der Waals surface area contributed by atoms with Crippen molar-refractivity contribution in [2.75, 3.05) is 6.54 Å². The molecule has 0 aromatic rings. The minimum absolute atomic E-state index is 0.0908. The van der Waals surface area contributed by atoms with Gasteiger partial charge in [0.05, 0.1) is 6.04 Å². The molecule has 0 aliphatic carbocycles. The highest BCUT2D eigenvalue weighted by atomic mass is 16.2. The Kier molecular flexibility index (Phi) is 11.1. The highest BCUT2D eigenvalue weighted by Crippen LogP contribution is 2.02. The van der Waals surface area contributed by atoms with Gasteiger partial charge >= 0.3 is 0 Å². The average Bonchev–Trinajstić information content (AvgIpc) is 2.45. The van der Waals surface area contributed by atoms with Crippen molar-refractivity contribution in [1.29, 1.82) is 0 Å². The van der Waals surface area contributed by atoms with Gasteiger partial charge in [-0.1, -0.05) is 20.3 Å². The maximum absolute atomic E-state index is 11.6. The summed E-state index contributed by atoms with van der Waals surface area (Å²) < 4.78 is 0. The van der Waals surface area contributed by atoms with E-state index in [1.54, 1.807) is 0 Å². The zero-order valence-electron chi connectivity index (χ0n) is 12.9. The summed E-state index contributed by atoms with van der Waals surface area (Å²) in [5, 5.41) is 5.41. The molecule has 0 rings (SSSR count). The molecule has 6 nitrogen and oxygen atoms in total. The summed E-state index contributed by atoms with van der Waals surface area (Å²) in [7, 11) is 0. The second-order valence-electron chi connectivity index (χ2n) is 5.34. The molecule has 0 aliphatic rings. The Hall–Kier alpha value is -1.72. The molecule has 0 aromatic carbocycles. The lowest BCUT2D eigenvalue weighted by Gasteiger charge is -2.15. The summed E-state index contributed by atoms with van der Waals surface area (Å²) in [4.78, 5) is 43.6. The van der Waals surface area contributed by atoms with Crippen LogP contribution in [0.3, 0.4) is 0 Å². The normalized spacial score (nSPS) is 11.8. The molecule has 0 bridgehead atoms. The van der Waals surface area contributed by atoms with E-state index in [0.29, 0.717) is 13.0 Å². The van der Waals surface area contributed by atoms with Gasteiger partial charge in [0, 0.05) is 25.8 Å². The van der Waals surface area contributed by atoms with Gasteiger partial charge in [0.1, 0.15) is 12.6 Å². The third-order valence-electron chi connectivity index (χ3n) is 3.08. The number of hydrogen-bond acceptors (Lipinski definition) is 4. The molecule has 0 saturated carbocycles. The molecule has 0 heterocycles. The minimum Gasteiger partial charge on any atom is -0.356 e. The van der Waals surface area contributed by atoms with Crippen molar-refractivity contribution in [3.8, 4) is 0 Å². The van der Waals surface area contributed by atoms with E-state index in [-0.39, 0.29) is 30.6 Å². The predicted octanol–water partition coefficient (Wildman–Crippen LogP) is 0.982. The number of aldehydes is 2. The third kappa shape index (κ3) is 10.7. The van der Waals surface area contributed by atoms with Crippen molar-refractivity contribution in [3.63, 3.8) is 0 Å². The van der Waals surface area contributed by atoms with Crippen LogP contribution in [0.15, 0.2) is 0 Å². The van der Waals surface area contributed by atoms with Crippen molar-refractivity contribution >= 4 is 24.4 Å². The van der Waals surface area contributed by atoms with Crippen LogP contribution in [0.5, 0.6) is 0 Å². The first kappa shape index (κ1) is 19.3. The number of unbranched alkanes of at least 4 members (excludes halogenated alkanes) is 2. The second kappa shape index (κ2) is 12.1. The van der Waals surface area contributed by atoms with E-state index in [0.717, 1.165) is 31.8 Å². The van der Waals surface area contributed by atoms with E-state index < -0.39 is 6.04 Å². The standard InChI is InChI=1S/C15H26N2O4/c1-12(2)13(11-19)17-15(21)7-4-3-5-9-16-14(20)8-6-10-18/h10-13H,3-9H2,1-2H3,(H,16,20)(H,17,21)/t13-/m1/s1. The Labute approximate surface area is 126 Å². The fourth-order valence-corrected chi connectivity index (χ4v) is 1.71. The van der Waals surface area contributed by atoms with Gasteiger partial charge in [-0.05, 0) is 18.8 Å². The van der Waals surface area contributed by atoms with Crippen LogP contribution in [0.1, 0.15) is 52.4 Å². The lowest BCUT2D eigenvalue weighted by atomic mass is 10.1. The monoisotopic (exact) mass is 298 g/mol. The molecule has 0 aliphatic heterocycles. The SMILES string of the molecule is CC(C)[C@@H](C=O)NC(=O)CCCCCNC(=O)CCC=O. The first-order chi connectivity index (χ1) is 10.0. The van der Waals surface area contributed by atoms with Crippen LogP contribution in [-0.2, 0) is 19.2 Å². The number of carbonyl (C=O) groups is 4. The molecule has 0 fully saturated rings. The van der Waals surface area contributed by atoms with Crippen LogP contribution in [0.4, 0.5) is 0 Å². The highest BCUT2D eigenvalue weighted by molar-refractivity contribution is 5.79. The topological polar surface area (TPSA) is 92.3 Å². The van der Waals surface area contributed by atoms with E-state index in [1.165, 1.54) is 0 Å². The van der Waals surface area contributed by atoms with Gasteiger partial charge < -0.3 is 20.2 Å². The lowest BCUT2D eigenvalue weighted by Crippen LogP contribution is -2.39. The molecule has 120 valence electrons. The Morgan fingerprint density at radius 2 is 1.71 bits per heavy atom. The number of carbonyl (C=O) groups excluding carboxylic acids is 4. The molecule has 2 amide bonds. The number of nitrogens with one attached hydrogen (secondary N) is 2. The van der Waals surface area contributed by atoms with E-state index >= 15 is 0 Å². The Morgan fingerprint density at radius 1 is 1.00 bits per heavy atom. The van der Waals surface area contributed by atoms with Crippen LogP contribution in [0.2, 0.25) is 0 Å². The van der Waals surface area contributed by atoms with Gasteiger partial charge in [0.2, 0.25) is 11.8 Å². The number of rotatable bonds is 12. The van der Waals surface area contributed by atoms with Crippen LogP contribution in [0, 0.1) is 5.92 Å². The molecule has 1 atom stereocenters. The van der Waals surface area contributed by atoms with Gasteiger partial charge in [0.15, 0.2) is 0 Å². The summed E-state index contributed by atoms with van der Waals surface area (Å²) in [5.41, 5.74) is 0. The van der Waals surface area contributed by atoms with Crippen molar-refractivity contribution in [2.45, 2.75) is 58.4 Å². The molecule has 0 radical (unpaired) electrons. The average molecular weight is 298 g/mol. The molecule has 6 heteroatoms. The molecule has 0 spiro atoms. The molecule has 0 aromatic heterocycles. The predicted molar refractivity (Wildman–Crippen MR) is 79.6 cm³/mol. The number of amides is 2. The van der Waals surface area contributed by atoms with Crippen LogP contribution in [-0.4, -0.2) is 37.0 Å². The van der Waals surface area contributed by atoms with E-state index in [1.807, 2.05) is 13.8 Å². The molecule has 21 heavy (non-hydrogen) atoms. The Bertz CT molecular complexity index is 343. The molecule has 0 unspecified atom stereocenters. The quantitative estimate of drug-likeness (QED) is 0.415. The second-order valence-corrected chi connectivity index (χ2v) is 5.34. The zero-order valence-corrected chi connectivity index (χ0v) is 12.9. The first-order valence-electron chi connectivity index (χ1n) is 7.46. The largest absolute Gasteiger partial charge is 0.356 e. The first-order valence-corrected chi connectivity index (χ1v) is 7.46. The van der Waals surface area contributed by atoms with Crippen LogP contribution >= 0.6 is 0 Å². The van der Waals surface area contributed by atoms with Gasteiger partial charge in [-0.15, -0.1) is 0 Å². The van der Waals surface area contributed by atoms with Crippen molar-refractivity contribution < 1.29 is 19.2 Å². The maximum Gasteiger partial charge on any atom is 0.220 e. The summed E-state index contributed by atoms with van der Waals surface area (Å²) in [6.45, 7) is 4.32. The fourth-order valence-electron chi connectivity index (χ4n) is 1.71. The molecular formula is C15H26N2O4. The number of hydrogen-bond donors (Lipinski definition) is 2. The summed E-state index contributed by atoms with van der Waals surface area (Å²) >= 11 is 0. The Morgan fingerprint density at radius 3 is 2.29 bits per heavy atom. The highest BCUT2D eigenvalue weighted by Gasteiger charge is 2.14. The van der Waals surface area contributed by atoms with E-state index in [2.05, 4.69) is 10.6 Å². The van der Waals surface area contributed by atoms with Gasteiger partial charge in [-0.2, -0.15) is 0 Å². The van der Waals surface area contributed by atoms with E-state index in [9.17, 15) is 19.2 Å². The van der Waals surface area contributed by atoms with E-state index in [4.69, 9.17) is 0 Å². The van der Waals surface area contributed by atoms with Crippen molar-refractivity contribution in [1.82, 2.24) is 10.6 Å². The van der Waals surface area contributed by atoms with Gasteiger partial charge in [0.25, 0.3) is 0 Å². The van der Waals surface area contributed by atoms with Gasteiger partial charge in [-0.3, -0.25) is 9.59 Å². The van der Waals surface area contributed by atoms with Gasteiger partial charge in [-0.25, -0.2) is 0 Å². The Balaban J connectivity index is 3.58. The smallest absolute Gasteiger partial charge is 0.220 e. The van der Waals surface area contributed by atoms with Crippen LogP contribution in [0.25, 0.3) is 0 Å². The fraction of sp³-hybridized carbons (Fsp3) is 0.733. The summed E-state index contributed by atoms with van der Waals surface area (Å²) in [6.07, 6.45) is 4.69. The van der Waals surface area contributed by atoms with Crippen LogP contribution < -0.4 is 10.6 Å². The van der Waals surface area contributed by atoms with Crippen molar-refractivity contribution in [3.05, 3.63) is 0 Å².